The van der Waals surface area contributed by atoms with Gasteiger partial charge in [-0.05, 0) is 38.5 Å². The summed E-state index contributed by atoms with van der Waals surface area (Å²) in [6.07, 6.45) is 2.47. The van der Waals surface area contributed by atoms with Crippen LogP contribution < -0.4 is 18.9 Å². The van der Waals surface area contributed by atoms with Gasteiger partial charge in [-0.1, -0.05) is 11.6 Å². The van der Waals surface area contributed by atoms with E-state index >= 15 is 0 Å². The third kappa shape index (κ3) is 3.96. The summed E-state index contributed by atoms with van der Waals surface area (Å²) in [5.74, 6) is 2.56. The lowest BCUT2D eigenvalue weighted by Crippen LogP contribution is -2.19. The number of ether oxygens (including phenoxy) is 6. The molecule has 154 valence electrons. The number of rotatable bonds is 7. The second-order valence-corrected chi connectivity index (χ2v) is 7.13. The standard InChI is InChI=1S/C22H24O7/c1-13(2)4-5-16(25-9-8-24-14(3)23)15-10-19-20-17(26-11-28-19)6-7-18-21(20)22(15)29-12-27-18/h4,6-7,10,16H,5,8-9,11-12H2,1-3H3/t16-/m1/s1. The Morgan fingerprint density at radius 1 is 1.00 bits per heavy atom. The summed E-state index contributed by atoms with van der Waals surface area (Å²) in [7, 11) is 0. The molecular weight excluding hydrogens is 376 g/mol. The normalized spacial score (nSPS) is 14.7. The summed E-state index contributed by atoms with van der Waals surface area (Å²) in [6.45, 7) is 6.21. The lowest BCUT2D eigenvalue weighted by Gasteiger charge is -2.29. The van der Waals surface area contributed by atoms with Crippen LogP contribution >= 0.6 is 0 Å². The quantitative estimate of drug-likeness (QED) is 0.390. The minimum absolute atomic E-state index is 0.123. The molecule has 0 N–H and O–H groups in total. The van der Waals surface area contributed by atoms with Crippen molar-refractivity contribution in [3.8, 4) is 23.0 Å². The van der Waals surface area contributed by atoms with Crippen molar-refractivity contribution in [3.05, 3.63) is 35.4 Å². The first-order valence-electron chi connectivity index (χ1n) is 9.57. The average Bonchev–Trinajstić information content (AvgIpc) is 2.71. The Morgan fingerprint density at radius 3 is 2.41 bits per heavy atom. The zero-order valence-corrected chi connectivity index (χ0v) is 16.8. The van der Waals surface area contributed by atoms with Gasteiger partial charge in [0.05, 0.1) is 23.5 Å². The maximum absolute atomic E-state index is 11.0. The molecule has 2 aliphatic heterocycles. The fourth-order valence-electron chi connectivity index (χ4n) is 3.52. The van der Waals surface area contributed by atoms with Gasteiger partial charge >= 0.3 is 5.97 Å². The lowest BCUT2D eigenvalue weighted by molar-refractivity contribution is -0.143. The number of esters is 1. The van der Waals surface area contributed by atoms with Crippen molar-refractivity contribution in [2.75, 3.05) is 26.8 Å². The summed E-state index contributed by atoms with van der Waals surface area (Å²) >= 11 is 0. The molecular formula is C22H24O7. The largest absolute Gasteiger partial charge is 0.463 e. The van der Waals surface area contributed by atoms with E-state index in [2.05, 4.69) is 6.08 Å². The van der Waals surface area contributed by atoms with Crippen molar-refractivity contribution >= 4 is 16.7 Å². The van der Waals surface area contributed by atoms with E-state index < -0.39 is 0 Å². The third-order valence-corrected chi connectivity index (χ3v) is 4.79. The van der Waals surface area contributed by atoms with Crippen LogP contribution in [0.15, 0.2) is 29.8 Å². The Balaban J connectivity index is 1.76. The smallest absolute Gasteiger partial charge is 0.302 e. The fourth-order valence-corrected chi connectivity index (χ4v) is 3.52. The van der Waals surface area contributed by atoms with E-state index in [1.54, 1.807) is 0 Å². The summed E-state index contributed by atoms with van der Waals surface area (Å²) in [5.41, 5.74) is 2.06. The van der Waals surface area contributed by atoms with E-state index in [0.29, 0.717) is 17.9 Å². The number of carbonyl (C=O) groups excluding carboxylic acids is 1. The van der Waals surface area contributed by atoms with E-state index in [1.807, 2.05) is 32.0 Å². The van der Waals surface area contributed by atoms with Crippen molar-refractivity contribution in [2.45, 2.75) is 33.3 Å². The van der Waals surface area contributed by atoms with Crippen molar-refractivity contribution in [3.63, 3.8) is 0 Å². The predicted molar refractivity (Wildman–Crippen MR) is 106 cm³/mol. The number of hydrogen-bond donors (Lipinski definition) is 0. The third-order valence-electron chi connectivity index (χ3n) is 4.79. The topological polar surface area (TPSA) is 72.5 Å². The van der Waals surface area contributed by atoms with E-state index in [4.69, 9.17) is 28.4 Å². The molecule has 0 saturated carbocycles. The van der Waals surface area contributed by atoms with Crippen LogP contribution in [-0.2, 0) is 14.3 Å². The highest BCUT2D eigenvalue weighted by Crippen LogP contribution is 2.51. The summed E-state index contributed by atoms with van der Waals surface area (Å²) in [5, 5.41) is 1.67. The second-order valence-electron chi connectivity index (χ2n) is 7.13. The van der Waals surface area contributed by atoms with Gasteiger partial charge in [-0.2, -0.15) is 0 Å². The van der Waals surface area contributed by atoms with Crippen LogP contribution in [0.1, 0.15) is 38.9 Å². The highest BCUT2D eigenvalue weighted by Gasteiger charge is 2.29. The average molecular weight is 400 g/mol. The highest BCUT2D eigenvalue weighted by molar-refractivity contribution is 6.03. The van der Waals surface area contributed by atoms with Gasteiger partial charge in [-0.3, -0.25) is 4.79 Å². The number of benzene rings is 2. The van der Waals surface area contributed by atoms with Gasteiger partial charge in [0.2, 0.25) is 13.6 Å². The van der Waals surface area contributed by atoms with Gasteiger partial charge in [0.25, 0.3) is 0 Å². The number of carbonyl (C=O) groups is 1. The Kier molecular flexibility index (Phi) is 5.49. The molecule has 0 amide bonds. The molecule has 2 aliphatic rings. The molecule has 7 heteroatoms. The first-order valence-corrected chi connectivity index (χ1v) is 9.57. The molecule has 7 nitrogen and oxygen atoms in total. The first kappa shape index (κ1) is 19.4. The summed E-state index contributed by atoms with van der Waals surface area (Å²) < 4.78 is 34.1. The minimum atomic E-state index is -0.328. The highest BCUT2D eigenvalue weighted by atomic mass is 16.7. The minimum Gasteiger partial charge on any atom is -0.463 e. The summed E-state index contributed by atoms with van der Waals surface area (Å²) in [6, 6.07) is 5.72. The van der Waals surface area contributed by atoms with Gasteiger partial charge in [0.1, 0.15) is 29.6 Å². The van der Waals surface area contributed by atoms with E-state index in [-0.39, 0.29) is 38.9 Å². The molecule has 1 atom stereocenters. The fraction of sp³-hybridized carbons (Fsp3) is 0.409. The van der Waals surface area contributed by atoms with Gasteiger partial charge < -0.3 is 28.4 Å². The van der Waals surface area contributed by atoms with Crippen LogP contribution in [0.3, 0.4) is 0 Å². The van der Waals surface area contributed by atoms with Crippen LogP contribution in [0, 0.1) is 0 Å². The number of allylic oxidation sites excluding steroid dienone is 1. The lowest BCUT2D eigenvalue weighted by atomic mass is 9.96. The van der Waals surface area contributed by atoms with E-state index in [1.165, 1.54) is 12.5 Å². The van der Waals surface area contributed by atoms with E-state index in [9.17, 15) is 4.79 Å². The van der Waals surface area contributed by atoms with Crippen LogP contribution in [-0.4, -0.2) is 32.8 Å². The molecule has 2 heterocycles. The molecule has 0 bridgehead atoms. The van der Waals surface area contributed by atoms with Crippen molar-refractivity contribution in [1.82, 2.24) is 0 Å². The van der Waals surface area contributed by atoms with Crippen LogP contribution in [0.25, 0.3) is 10.8 Å². The molecule has 0 fully saturated rings. The van der Waals surface area contributed by atoms with Crippen LogP contribution in [0.4, 0.5) is 0 Å². The molecule has 0 aliphatic carbocycles. The molecule has 0 saturated heterocycles. The molecule has 0 spiro atoms. The van der Waals surface area contributed by atoms with Gasteiger partial charge in [0.15, 0.2) is 0 Å². The Bertz CT molecular complexity index is 960. The molecule has 2 aromatic rings. The monoisotopic (exact) mass is 400 g/mol. The molecule has 0 radical (unpaired) electrons. The zero-order chi connectivity index (χ0) is 20.4. The Hall–Kier alpha value is -2.93. The summed E-state index contributed by atoms with van der Waals surface area (Å²) in [4.78, 5) is 11.0. The zero-order valence-electron chi connectivity index (χ0n) is 16.8. The SMILES string of the molecule is CC(=O)OCCO[C@H](CC=C(C)C)c1cc2c3c(ccc4c3c1OCO4)OCO2. The molecule has 4 rings (SSSR count). The maximum Gasteiger partial charge on any atom is 0.302 e. The van der Waals surface area contributed by atoms with Gasteiger partial charge in [-0.15, -0.1) is 0 Å². The van der Waals surface area contributed by atoms with Crippen molar-refractivity contribution < 1.29 is 33.2 Å². The maximum atomic E-state index is 11.0. The Labute approximate surface area is 169 Å². The second kappa shape index (κ2) is 8.21. The molecule has 29 heavy (non-hydrogen) atoms. The van der Waals surface area contributed by atoms with Crippen LogP contribution in [0.2, 0.25) is 0 Å². The van der Waals surface area contributed by atoms with Crippen LogP contribution in [0.5, 0.6) is 23.0 Å². The molecule has 0 unspecified atom stereocenters. The number of hydrogen-bond acceptors (Lipinski definition) is 7. The molecule has 0 aromatic heterocycles. The van der Waals surface area contributed by atoms with Gasteiger partial charge in [-0.25, -0.2) is 0 Å². The Morgan fingerprint density at radius 2 is 1.69 bits per heavy atom. The van der Waals surface area contributed by atoms with Crippen molar-refractivity contribution in [1.29, 1.82) is 0 Å². The molecule has 2 aromatic carbocycles. The van der Waals surface area contributed by atoms with Crippen molar-refractivity contribution in [2.24, 2.45) is 0 Å². The van der Waals surface area contributed by atoms with E-state index in [0.717, 1.165) is 27.8 Å². The first-order chi connectivity index (χ1) is 14.0. The predicted octanol–water partition coefficient (Wildman–Crippen LogP) is 4.27. The van der Waals surface area contributed by atoms with Gasteiger partial charge in [0, 0.05) is 12.5 Å².